The molecule has 1 aromatic heterocycles. The van der Waals surface area contributed by atoms with Gasteiger partial charge in [0.05, 0.1) is 17.0 Å². The van der Waals surface area contributed by atoms with Crippen molar-refractivity contribution in [3.63, 3.8) is 0 Å². The summed E-state index contributed by atoms with van der Waals surface area (Å²) in [6.07, 6.45) is 0. The molecule has 0 aliphatic heterocycles. The minimum Gasteiger partial charge on any atom is -0.249 e. The van der Waals surface area contributed by atoms with Crippen LogP contribution in [0.4, 0.5) is 0 Å². The summed E-state index contributed by atoms with van der Waals surface area (Å²) in [7, 11) is 2.22. The minimum absolute atomic E-state index is 0.431. The Morgan fingerprint density at radius 1 is 1.50 bits per heavy atom. The first-order valence-electron chi connectivity index (χ1n) is 2.36. The van der Waals surface area contributed by atoms with Gasteiger partial charge >= 0.3 is 0 Å². The molecule has 58 valence electrons. The largest absolute Gasteiger partial charge is 0.292 e. The number of nitrogens with two attached hydrogens (primary N) is 2. The Morgan fingerprint density at radius 2 is 2.30 bits per heavy atom. The summed E-state index contributed by atoms with van der Waals surface area (Å²) in [4.78, 5) is 0. The number of nitrogens with zero attached hydrogens (tertiary/aromatic N) is 2. The molecule has 0 bridgehead atoms. The van der Waals surface area contributed by atoms with E-state index in [-0.39, 0.29) is 0 Å². The van der Waals surface area contributed by atoms with E-state index in [0.29, 0.717) is 25.5 Å². The van der Waals surface area contributed by atoms with Crippen LogP contribution in [-0.4, -0.2) is 13.2 Å². The molecule has 1 rings (SSSR count). The Balaban J connectivity index is 3.14. The van der Waals surface area contributed by atoms with Crippen LogP contribution >= 0.6 is 34.0 Å². The molecule has 1 aromatic rings. The monoisotopic (exact) mass is 217 g/mol. The predicted molar refractivity (Wildman–Crippen MR) is 49.9 cm³/mol. The summed E-state index contributed by atoms with van der Waals surface area (Å²) < 4.78 is 9.53. The zero-order valence-corrected chi connectivity index (χ0v) is 8.89. The van der Waals surface area contributed by atoms with Crippen LogP contribution in [0.25, 0.3) is 0 Å². The summed E-state index contributed by atoms with van der Waals surface area (Å²) in [6, 6.07) is 0. The lowest BCUT2D eigenvalue weighted by Crippen LogP contribution is -2.35. The second-order valence-corrected chi connectivity index (χ2v) is 6.85. The summed E-state index contributed by atoms with van der Waals surface area (Å²) in [6.45, 7) is 0. The highest BCUT2D eigenvalue weighted by Crippen LogP contribution is 2.02. The molecule has 0 amide bonds. The molecule has 3 unspecified atom stereocenters. The first kappa shape index (κ1) is 8.42. The fraction of sp³-hybridized carbons (Fsp3) is 0. The van der Waals surface area contributed by atoms with Crippen LogP contribution < -0.4 is 15.9 Å². The molecule has 0 saturated heterocycles. The number of aromatic nitrogens is 4. The van der Waals surface area contributed by atoms with Gasteiger partial charge in [0, 0.05) is 0 Å². The lowest BCUT2D eigenvalue weighted by Gasteiger charge is -1.88. The van der Waals surface area contributed by atoms with E-state index in [9.17, 15) is 0 Å². The molecular formula is H9N6P4+. The van der Waals surface area contributed by atoms with Gasteiger partial charge in [-0.25, -0.2) is 19.1 Å². The van der Waals surface area contributed by atoms with Gasteiger partial charge in [0.2, 0.25) is 0 Å². The molecule has 0 fully saturated rings. The molecule has 6 N–H and O–H groups in total. The first-order chi connectivity index (χ1) is 4.79. The third-order valence-corrected chi connectivity index (χ3v) is 4.57. The number of hydrogen-bond acceptors (Lipinski definition) is 2. The number of aromatic amines is 2. The summed E-state index contributed by atoms with van der Waals surface area (Å²) in [5.41, 5.74) is 0. The molecule has 10 heavy (non-hydrogen) atoms. The second-order valence-electron chi connectivity index (χ2n) is 1.39. The first-order valence-corrected chi connectivity index (χ1v) is 6.05. The van der Waals surface area contributed by atoms with Gasteiger partial charge in [0.15, 0.2) is 8.51 Å². The highest BCUT2D eigenvalue weighted by molar-refractivity contribution is 7.41. The van der Waals surface area contributed by atoms with Crippen LogP contribution in [0.1, 0.15) is 0 Å². The smallest absolute Gasteiger partial charge is 0.249 e. The Morgan fingerprint density at radius 3 is 3.10 bits per heavy atom. The van der Waals surface area contributed by atoms with Crippen LogP contribution in [0.3, 0.4) is 0 Å². The van der Waals surface area contributed by atoms with Crippen LogP contribution in [-0.2, 0) is 0 Å². The van der Waals surface area contributed by atoms with Crippen LogP contribution in [0, 0.1) is 0 Å². The Bertz CT molecular complexity index is 201. The Labute approximate surface area is 63.8 Å². The highest BCUT2D eigenvalue weighted by Gasteiger charge is 1.77. The van der Waals surface area contributed by atoms with Gasteiger partial charge in [-0.3, -0.25) is 0 Å². The Kier molecular flexibility index (Phi) is 3.58. The maximum absolute atomic E-state index is 5.52. The van der Waals surface area contributed by atoms with Crippen LogP contribution in [0.2, 0.25) is 0 Å². The summed E-state index contributed by atoms with van der Waals surface area (Å²) in [5, 5.41) is 0. The van der Waals surface area contributed by atoms with E-state index in [1.54, 1.807) is 8.40 Å². The number of nitrogen functional groups attached to an aromatic ring is 2. The quantitative estimate of drug-likeness (QED) is 0.452. The van der Waals surface area contributed by atoms with Gasteiger partial charge < -0.3 is 0 Å². The van der Waals surface area contributed by atoms with Gasteiger partial charge in [-0.05, 0) is 0 Å². The zero-order chi connectivity index (χ0) is 7.40. The molecule has 0 aliphatic carbocycles. The van der Waals surface area contributed by atoms with Crippen LogP contribution in [0.15, 0.2) is 0 Å². The van der Waals surface area contributed by atoms with E-state index in [1.807, 2.05) is 0 Å². The van der Waals surface area contributed by atoms with Gasteiger partial charge in [-0.2, -0.15) is 5.84 Å². The van der Waals surface area contributed by atoms with E-state index in [0.717, 1.165) is 8.51 Å². The standard InChI is InChI=1S/H8N6P4/c1-5-7-3-9-6(2)10-4-8-5/h3,7-9H,1-2H2/p+1. The highest BCUT2D eigenvalue weighted by atomic mass is 31.1. The van der Waals surface area contributed by atoms with Gasteiger partial charge in [-0.1, -0.05) is 0 Å². The molecule has 0 aromatic carbocycles. The maximum atomic E-state index is 5.52. The second kappa shape index (κ2) is 4.25. The van der Waals surface area contributed by atoms with Crippen molar-refractivity contribution in [1.29, 1.82) is 0 Å². The summed E-state index contributed by atoms with van der Waals surface area (Å²) in [5.74, 6) is 11.0. The zero-order valence-electron chi connectivity index (χ0n) is 5.00. The fourth-order valence-corrected chi connectivity index (χ4v) is 4.78. The van der Waals surface area contributed by atoms with Crippen molar-refractivity contribution < 1.29 is 4.20 Å². The normalized spacial score (nSPS) is 12.2. The summed E-state index contributed by atoms with van der Waals surface area (Å²) >= 11 is 0. The molecular weight excluding hydrogens is 208 g/mol. The van der Waals surface area contributed by atoms with Crippen molar-refractivity contribution in [1.82, 2.24) is 13.2 Å². The predicted octanol–water partition coefficient (Wildman–Crippen LogP) is -0.218. The SMILES string of the molecule is Nn1[pH][nH]p[n+](N)[pH][nH][pH]1. The minimum atomic E-state index is 0.431. The average Bonchev–Trinajstić information content (AvgIpc) is 1.84. The van der Waals surface area contributed by atoms with E-state index >= 15 is 0 Å². The maximum Gasteiger partial charge on any atom is 0.292 e. The molecule has 3 atom stereocenters. The van der Waals surface area contributed by atoms with Crippen LogP contribution in [0.5, 0.6) is 0 Å². The van der Waals surface area contributed by atoms with E-state index < -0.39 is 0 Å². The molecule has 1 heterocycles. The molecule has 0 saturated carbocycles. The fourth-order valence-electron chi connectivity index (χ4n) is 0.326. The van der Waals surface area contributed by atoms with Crippen molar-refractivity contribution in [2.24, 2.45) is 0 Å². The van der Waals surface area contributed by atoms with Crippen molar-refractivity contribution in [2.45, 2.75) is 0 Å². The lowest BCUT2D eigenvalue weighted by atomic mass is 13.0. The number of H-pyrrole nitrogens is 2. The lowest BCUT2D eigenvalue weighted by molar-refractivity contribution is -0.488. The van der Waals surface area contributed by atoms with Gasteiger partial charge in [-0.15, -0.1) is 4.20 Å². The van der Waals surface area contributed by atoms with E-state index in [4.69, 9.17) is 11.7 Å². The van der Waals surface area contributed by atoms with Gasteiger partial charge in [0.1, 0.15) is 0 Å². The van der Waals surface area contributed by atoms with Crippen molar-refractivity contribution in [2.75, 3.05) is 11.7 Å². The van der Waals surface area contributed by atoms with Crippen molar-refractivity contribution in [3.05, 3.63) is 0 Å². The number of hydrogen-bond donors (Lipinski definition) is 4. The average molecular weight is 217 g/mol. The topological polar surface area (TPSA) is 92.4 Å². The van der Waals surface area contributed by atoms with E-state index in [1.165, 1.54) is 0 Å². The van der Waals surface area contributed by atoms with Gasteiger partial charge in [0.25, 0.3) is 8.51 Å². The van der Waals surface area contributed by atoms with E-state index in [2.05, 4.69) is 9.02 Å². The molecule has 6 nitrogen and oxygen atoms in total. The molecule has 0 aliphatic rings. The van der Waals surface area contributed by atoms with Crippen molar-refractivity contribution >= 4 is 34.0 Å². The number of nitrogens with one attached hydrogen (secondary N) is 2. The van der Waals surface area contributed by atoms with Crippen molar-refractivity contribution in [3.8, 4) is 0 Å². The third kappa shape index (κ3) is 2.94. The third-order valence-electron chi connectivity index (χ3n) is 0.675. The Hall–Kier alpha value is 0.320. The molecule has 10 heteroatoms. The number of rotatable bonds is 0. The molecule has 0 radical (unpaired) electrons. The molecule has 0 spiro atoms.